The van der Waals surface area contributed by atoms with E-state index >= 15 is 0 Å². The van der Waals surface area contributed by atoms with E-state index in [2.05, 4.69) is 4.72 Å². The molecular weight excluding hydrogens is 355 g/mol. The standard InChI is InChI=1S/C12H17FN2O4S2.ClH/c1-20(16,17)12-5-4-9(6-10(12)13)21(18,19)15-11(7-14)8-2-3-8;/h4-6,8,11,15H,2-3,7,14H2,1H3;1H. The fraction of sp³-hybridized carbons (Fsp3) is 0.500. The first kappa shape index (κ1) is 19.3. The number of nitrogens with one attached hydrogen (secondary N) is 1. The summed E-state index contributed by atoms with van der Waals surface area (Å²) in [6.45, 7) is 0.161. The summed E-state index contributed by atoms with van der Waals surface area (Å²) >= 11 is 0. The highest BCUT2D eigenvalue weighted by atomic mass is 35.5. The Balaban J connectivity index is 0.00000242. The van der Waals surface area contributed by atoms with E-state index in [1.807, 2.05) is 0 Å². The largest absolute Gasteiger partial charge is 0.329 e. The fourth-order valence-electron chi connectivity index (χ4n) is 2.05. The number of hydrogen-bond acceptors (Lipinski definition) is 5. The van der Waals surface area contributed by atoms with Gasteiger partial charge in [0.25, 0.3) is 0 Å². The smallest absolute Gasteiger partial charge is 0.240 e. The molecule has 1 aromatic rings. The molecule has 0 bridgehead atoms. The Kier molecular flexibility index (Phi) is 5.96. The molecule has 0 spiro atoms. The third kappa shape index (κ3) is 4.39. The van der Waals surface area contributed by atoms with Crippen molar-refractivity contribution in [3.63, 3.8) is 0 Å². The Morgan fingerprint density at radius 2 is 1.91 bits per heavy atom. The van der Waals surface area contributed by atoms with Crippen molar-refractivity contribution >= 4 is 32.3 Å². The lowest BCUT2D eigenvalue weighted by Crippen LogP contribution is -2.41. The van der Waals surface area contributed by atoms with E-state index in [9.17, 15) is 21.2 Å². The normalized spacial score (nSPS) is 16.9. The maximum Gasteiger partial charge on any atom is 0.240 e. The zero-order valence-corrected chi connectivity index (χ0v) is 14.3. The van der Waals surface area contributed by atoms with Crippen molar-refractivity contribution < 1.29 is 21.2 Å². The van der Waals surface area contributed by atoms with Gasteiger partial charge in [0.05, 0.1) is 4.90 Å². The zero-order chi connectivity index (χ0) is 15.8. The van der Waals surface area contributed by atoms with Crippen molar-refractivity contribution in [2.75, 3.05) is 12.8 Å². The zero-order valence-electron chi connectivity index (χ0n) is 11.8. The van der Waals surface area contributed by atoms with Crippen LogP contribution in [0.5, 0.6) is 0 Å². The number of benzene rings is 1. The lowest BCUT2D eigenvalue weighted by molar-refractivity contribution is 0.517. The molecule has 126 valence electrons. The summed E-state index contributed by atoms with van der Waals surface area (Å²) in [4.78, 5) is -0.842. The first-order chi connectivity index (χ1) is 9.65. The molecule has 0 aromatic heterocycles. The summed E-state index contributed by atoms with van der Waals surface area (Å²) in [6, 6.07) is 2.35. The van der Waals surface area contributed by atoms with E-state index < -0.39 is 30.6 Å². The number of sulfonamides is 1. The Hall–Kier alpha value is -0.740. The number of nitrogens with two attached hydrogens (primary N) is 1. The van der Waals surface area contributed by atoms with Crippen LogP contribution in [0, 0.1) is 11.7 Å². The molecule has 1 fully saturated rings. The summed E-state index contributed by atoms with van der Waals surface area (Å²) in [5, 5.41) is 0. The van der Waals surface area contributed by atoms with Gasteiger partial charge in [-0.25, -0.2) is 25.9 Å². The van der Waals surface area contributed by atoms with Gasteiger partial charge in [-0.1, -0.05) is 0 Å². The molecule has 0 aliphatic heterocycles. The van der Waals surface area contributed by atoms with Gasteiger partial charge in [0.1, 0.15) is 10.7 Å². The predicted molar refractivity (Wildman–Crippen MR) is 82.6 cm³/mol. The average molecular weight is 373 g/mol. The van der Waals surface area contributed by atoms with Gasteiger partial charge < -0.3 is 5.73 Å². The van der Waals surface area contributed by atoms with Gasteiger partial charge in [-0.05, 0) is 37.0 Å². The van der Waals surface area contributed by atoms with Crippen LogP contribution in [-0.4, -0.2) is 35.7 Å². The second-order valence-electron chi connectivity index (χ2n) is 5.17. The highest BCUT2D eigenvalue weighted by Crippen LogP contribution is 2.33. The SMILES string of the molecule is CS(=O)(=O)c1ccc(S(=O)(=O)NC(CN)C2CC2)cc1F.Cl. The van der Waals surface area contributed by atoms with Crippen LogP contribution < -0.4 is 10.5 Å². The molecule has 0 saturated heterocycles. The lowest BCUT2D eigenvalue weighted by atomic mass is 10.2. The summed E-state index contributed by atoms with van der Waals surface area (Å²) < 4.78 is 63.2. The van der Waals surface area contributed by atoms with Crippen molar-refractivity contribution in [2.45, 2.75) is 28.7 Å². The topological polar surface area (TPSA) is 106 Å². The molecule has 0 heterocycles. The first-order valence-electron chi connectivity index (χ1n) is 6.37. The van der Waals surface area contributed by atoms with Gasteiger partial charge in [0.15, 0.2) is 9.84 Å². The van der Waals surface area contributed by atoms with Gasteiger partial charge in [-0.15, -0.1) is 12.4 Å². The molecule has 0 radical (unpaired) electrons. The van der Waals surface area contributed by atoms with Crippen LogP contribution in [0.1, 0.15) is 12.8 Å². The molecule has 1 aromatic carbocycles. The van der Waals surface area contributed by atoms with Crippen LogP contribution >= 0.6 is 12.4 Å². The third-order valence-corrected chi connectivity index (χ3v) is 5.98. The molecule has 2 rings (SSSR count). The van der Waals surface area contributed by atoms with E-state index in [0.29, 0.717) is 6.07 Å². The number of halogens is 2. The van der Waals surface area contributed by atoms with Crippen molar-refractivity contribution in [2.24, 2.45) is 11.7 Å². The fourth-order valence-corrected chi connectivity index (χ4v) is 4.11. The minimum atomic E-state index is -3.93. The Bertz CT molecular complexity index is 748. The van der Waals surface area contributed by atoms with Gasteiger partial charge >= 0.3 is 0 Å². The van der Waals surface area contributed by atoms with Gasteiger partial charge in [-0.3, -0.25) is 0 Å². The van der Waals surface area contributed by atoms with E-state index in [0.717, 1.165) is 31.2 Å². The second kappa shape index (κ2) is 6.79. The predicted octanol–water partition coefficient (Wildman–Crippen LogP) is 0.667. The molecule has 1 aliphatic rings. The molecular formula is C12H18ClFN2O4S2. The van der Waals surface area contributed by atoms with E-state index in [4.69, 9.17) is 5.73 Å². The number of rotatable bonds is 6. The van der Waals surface area contributed by atoms with Crippen LogP contribution in [0.4, 0.5) is 4.39 Å². The Labute approximate surface area is 135 Å². The molecule has 1 saturated carbocycles. The Morgan fingerprint density at radius 3 is 2.32 bits per heavy atom. The summed E-state index contributed by atoms with van der Waals surface area (Å²) in [5.41, 5.74) is 5.53. The van der Waals surface area contributed by atoms with Gasteiger partial charge in [0.2, 0.25) is 10.0 Å². The highest BCUT2D eigenvalue weighted by molar-refractivity contribution is 7.90. The summed E-state index contributed by atoms with van der Waals surface area (Å²) in [5.74, 6) is -0.874. The van der Waals surface area contributed by atoms with Gasteiger partial charge in [0, 0.05) is 18.8 Å². The van der Waals surface area contributed by atoms with Crippen molar-refractivity contribution in [1.82, 2.24) is 4.72 Å². The van der Waals surface area contributed by atoms with Crippen LogP contribution in [-0.2, 0) is 19.9 Å². The van der Waals surface area contributed by atoms with Crippen molar-refractivity contribution in [1.29, 1.82) is 0 Å². The van der Waals surface area contributed by atoms with E-state index in [1.165, 1.54) is 0 Å². The molecule has 3 N–H and O–H groups in total. The molecule has 0 amide bonds. The minimum absolute atomic E-state index is 0. The van der Waals surface area contributed by atoms with Crippen LogP contribution in [0.3, 0.4) is 0 Å². The Morgan fingerprint density at radius 1 is 1.32 bits per heavy atom. The summed E-state index contributed by atoms with van der Waals surface area (Å²) in [6.07, 6.45) is 2.67. The van der Waals surface area contributed by atoms with Crippen LogP contribution in [0.2, 0.25) is 0 Å². The van der Waals surface area contributed by atoms with Crippen LogP contribution in [0.15, 0.2) is 28.0 Å². The molecule has 1 unspecified atom stereocenters. The number of sulfone groups is 1. The van der Waals surface area contributed by atoms with E-state index in [1.54, 1.807) is 0 Å². The van der Waals surface area contributed by atoms with E-state index in [-0.39, 0.29) is 35.8 Å². The maximum atomic E-state index is 13.8. The monoisotopic (exact) mass is 372 g/mol. The van der Waals surface area contributed by atoms with Crippen molar-refractivity contribution in [3.05, 3.63) is 24.0 Å². The average Bonchev–Trinajstić information content (AvgIpc) is 3.18. The molecule has 6 nitrogen and oxygen atoms in total. The number of hydrogen-bond donors (Lipinski definition) is 2. The highest BCUT2D eigenvalue weighted by Gasteiger charge is 2.33. The molecule has 22 heavy (non-hydrogen) atoms. The quantitative estimate of drug-likeness (QED) is 0.763. The maximum absolute atomic E-state index is 13.8. The van der Waals surface area contributed by atoms with Gasteiger partial charge in [-0.2, -0.15) is 0 Å². The molecule has 1 aliphatic carbocycles. The molecule has 1 atom stereocenters. The summed E-state index contributed by atoms with van der Waals surface area (Å²) in [7, 11) is -7.66. The molecule has 10 heteroatoms. The van der Waals surface area contributed by atoms with Crippen molar-refractivity contribution in [3.8, 4) is 0 Å². The van der Waals surface area contributed by atoms with Crippen LogP contribution in [0.25, 0.3) is 0 Å². The lowest BCUT2D eigenvalue weighted by Gasteiger charge is -2.16. The third-order valence-electron chi connectivity index (χ3n) is 3.36. The minimum Gasteiger partial charge on any atom is -0.329 e. The second-order valence-corrected chi connectivity index (χ2v) is 8.86. The first-order valence-corrected chi connectivity index (χ1v) is 9.74.